The number of hydrogen-bond donors (Lipinski definition) is 2. The van der Waals surface area contributed by atoms with Crippen LogP contribution in [0.15, 0.2) is 24.3 Å². The summed E-state index contributed by atoms with van der Waals surface area (Å²) in [7, 11) is 0. The lowest BCUT2D eigenvalue weighted by molar-refractivity contribution is -0.147. The van der Waals surface area contributed by atoms with Gasteiger partial charge in [-0.05, 0) is 31.2 Å². The minimum Gasteiger partial charge on any atom is -0.456 e. The highest BCUT2D eigenvalue weighted by Crippen LogP contribution is 2.09. The van der Waals surface area contributed by atoms with Gasteiger partial charge in [-0.1, -0.05) is 11.6 Å². The number of esters is 1. The van der Waals surface area contributed by atoms with Crippen LogP contribution in [0.3, 0.4) is 0 Å². The summed E-state index contributed by atoms with van der Waals surface area (Å²) in [5.41, 5.74) is 0.201. The fourth-order valence-corrected chi connectivity index (χ4v) is 1.68. The van der Waals surface area contributed by atoms with Crippen molar-refractivity contribution >= 4 is 35.0 Å². The molecule has 0 aliphatic heterocycles. The Morgan fingerprint density at radius 2 is 1.96 bits per heavy atom. The van der Waals surface area contributed by atoms with E-state index in [2.05, 4.69) is 10.1 Å². The second-order valence-electron chi connectivity index (χ2n) is 4.56. The average molecular weight is 336 g/mol. The molecule has 0 aromatic heterocycles. The molecule has 1 aromatic rings. The van der Waals surface area contributed by atoms with Crippen LogP contribution in [-0.2, 0) is 14.3 Å². The molecule has 1 unspecified atom stereocenters. The van der Waals surface area contributed by atoms with Crippen LogP contribution in [-0.4, -0.2) is 36.5 Å². The van der Waals surface area contributed by atoms with Gasteiger partial charge in [0.2, 0.25) is 0 Å². The molecule has 2 N–H and O–H groups in total. The lowest BCUT2D eigenvalue weighted by Gasteiger charge is -2.08. The number of benzene rings is 1. The van der Waals surface area contributed by atoms with Crippen molar-refractivity contribution in [3.05, 3.63) is 34.9 Å². The van der Waals surface area contributed by atoms with Crippen LogP contribution in [0.5, 0.6) is 0 Å². The van der Waals surface area contributed by atoms with E-state index in [9.17, 15) is 14.4 Å². The van der Waals surface area contributed by atoms with Gasteiger partial charge in [0.1, 0.15) is 12.5 Å². The van der Waals surface area contributed by atoms with E-state index in [1.165, 1.54) is 31.2 Å². The van der Waals surface area contributed by atoms with Gasteiger partial charge in [-0.15, -0.1) is 0 Å². The first kappa shape index (κ1) is 18.3. The van der Waals surface area contributed by atoms with E-state index >= 15 is 0 Å². The van der Waals surface area contributed by atoms with Gasteiger partial charge in [0, 0.05) is 16.3 Å². The van der Waals surface area contributed by atoms with Crippen LogP contribution in [0.4, 0.5) is 0 Å². The lowest BCUT2D eigenvalue weighted by Crippen LogP contribution is -2.32. The van der Waals surface area contributed by atoms with Gasteiger partial charge in [0.15, 0.2) is 12.4 Å². The number of ketones is 1. The third-order valence-electron chi connectivity index (χ3n) is 2.76. The summed E-state index contributed by atoms with van der Waals surface area (Å²) < 4.78 is 4.67. The third-order valence-corrected chi connectivity index (χ3v) is 3.01. The summed E-state index contributed by atoms with van der Waals surface area (Å²) in [6, 6.07) is 7.72. The van der Waals surface area contributed by atoms with Crippen molar-refractivity contribution in [2.24, 2.45) is 5.92 Å². The normalized spacial score (nSPS) is 11.0. The van der Waals surface area contributed by atoms with Gasteiger partial charge < -0.3 is 15.5 Å². The van der Waals surface area contributed by atoms with Gasteiger partial charge in [-0.2, -0.15) is 5.26 Å². The predicted molar refractivity (Wildman–Crippen MR) is 82.3 cm³/mol. The van der Waals surface area contributed by atoms with Gasteiger partial charge in [0.05, 0.1) is 6.07 Å². The molecule has 0 radical (unpaired) electrons. The number of amides is 1. The van der Waals surface area contributed by atoms with Crippen molar-refractivity contribution in [3.63, 3.8) is 0 Å². The SMILES string of the molecule is CC(=N)C(C#N)C(=O)COC(=O)CNC(=O)c1ccc(Cl)cc1. The number of nitriles is 1. The molecule has 1 aromatic carbocycles. The van der Waals surface area contributed by atoms with Crippen LogP contribution in [0.25, 0.3) is 0 Å². The van der Waals surface area contributed by atoms with Gasteiger partial charge in [0.25, 0.3) is 5.91 Å². The van der Waals surface area contributed by atoms with Gasteiger partial charge in [-0.25, -0.2) is 0 Å². The molecule has 8 heteroatoms. The maximum absolute atomic E-state index is 11.7. The summed E-state index contributed by atoms with van der Waals surface area (Å²) in [5.74, 6) is -3.22. The minimum absolute atomic E-state index is 0.121. The summed E-state index contributed by atoms with van der Waals surface area (Å²) in [6.07, 6.45) is 0. The van der Waals surface area contributed by atoms with Crippen LogP contribution < -0.4 is 5.32 Å². The van der Waals surface area contributed by atoms with E-state index in [0.29, 0.717) is 10.6 Å². The number of Topliss-reactive ketones (excluding diaryl/α,β-unsaturated/α-hetero) is 1. The van der Waals surface area contributed by atoms with E-state index in [1.807, 2.05) is 0 Å². The Balaban J connectivity index is 2.41. The van der Waals surface area contributed by atoms with E-state index < -0.39 is 36.7 Å². The Kier molecular flexibility index (Phi) is 6.90. The summed E-state index contributed by atoms with van der Waals surface area (Å²) in [5, 5.41) is 18.8. The van der Waals surface area contributed by atoms with Crippen molar-refractivity contribution < 1.29 is 19.1 Å². The zero-order valence-electron chi connectivity index (χ0n) is 12.3. The molecule has 1 atom stereocenters. The number of carbonyl (C=O) groups is 3. The minimum atomic E-state index is -1.23. The Morgan fingerprint density at radius 3 is 2.48 bits per heavy atom. The molecular weight excluding hydrogens is 322 g/mol. The van der Waals surface area contributed by atoms with Crippen molar-refractivity contribution in [3.8, 4) is 6.07 Å². The molecule has 0 saturated heterocycles. The van der Waals surface area contributed by atoms with E-state index in [4.69, 9.17) is 22.3 Å². The Bertz CT molecular complexity index is 664. The number of nitrogens with one attached hydrogen (secondary N) is 2. The maximum atomic E-state index is 11.7. The first-order valence-electron chi connectivity index (χ1n) is 6.52. The second-order valence-corrected chi connectivity index (χ2v) is 5.00. The maximum Gasteiger partial charge on any atom is 0.325 e. The Labute approximate surface area is 137 Å². The van der Waals surface area contributed by atoms with Gasteiger partial charge >= 0.3 is 5.97 Å². The first-order valence-corrected chi connectivity index (χ1v) is 6.89. The topological polar surface area (TPSA) is 120 Å². The zero-order valence-corrected chi connectivity index (χ0v) is 13.0. The van der Waals surface area contributed by atoms with E-state index in [0.717, 1.165) is 0 Å². The number of nitrogens with zero attached hydrogens (tertiary/aromatic N) is 1. The number of rotatable bonds is 7. The molecule has 0 bridgehead atoms. The first-order chi connectivity index (χ1) is 10.8. The summed E-state index contributed by atoms with van der Waals surface area (Å²) in [4.78, 5) is 34.8. The Morgan fingerprint density at radius 1 is 1.35 bits per heavy atom. The van der Waals surface area contributed by atoms with Crippen LogP contribution >= 0.6 is 11.6 Å². The Hall–Kier alpha value is -2.72. The molecule has 120 valence electrons. The molecular formula is C15H14ClN3O4. The number of carbonyl (C=O) groups excluding carboxylic acids is 3. The summed E-state index contributed by atoms with van der Waals surface area (Å²) >= 11 is 5.70. The van der Waals surface area contributed by atoms with Crippen LogP contribution in [0.1, 0.15) is 17.3 Å². The molecule has 0 spiro atoms. The molecule has 23 heavy (non-hydrogen) atoms. The highest BCUT2D eigenvalue weighted by atomic mass is 35.5. The molecule has 1 amide bonds. The van der Waals surface area contributed by atoms with E-state index in [-0.39, 0.29) is 5.71 Å². The fraction of sp³-hybridized carbons (Fsp3) is 0.267. The monoisotopic (exact) mass is 335 g/mol. The molecule has 7 nitrogen and oxygen atoms in total. The quantitative estimate of drug-likeness (QED) is 0.575. The largest absolute Gasteiger partial charge is 0.456 e. The molecule has 0 saturated carbocycles. The predicted octanol–water partition coefficient (Wildman–Crippen LogP) is 1.36. The number of halogens is 1. The molecule has 0 aliphatic carbocycles. The standard InChI is InChI=1S/C15H14ClN3O4/c1-9(18)12(6-17)13(20)8-23-14(21)7-19-15(22)10-2-4-11(16)5-3-10/h2-5,12,18H,7-8H2,1H3,(H,19,22). The molecule has 1 rings (SSSR count). The smallest absolute Gasteiger partial charge is 0.325 e. The fourth-order valence-electron chi connectivity index (χ4n) is 1.55. The van der Waals surface area contributed by atoms with E-state index in [1.54, 1.807) is 6.07 Å². The van der Waals surface area contributed by atoms with Crippen molar-refractivity contribution in [2.75, 3.05) is 13.2 Å². The molecule has 0 aliphatic rings. The number of ether oxygens (including phenoxy) is 1. The van der Waals surface area contributed by atoms with Crippen molar-refractivity contribution in [1.82, 2.24) is 5.32 Å². The number of hydrogen-bond acceptors (Lipinski definition) is 6. The van der Waals surface area contributed by atoms with Crippen molar-refractivity contribution in [2.45, 2.75) is 6.92 Å². The van der Waals surface area contributed by atoms with Crippen molar-refractivity contribution in [1.29, 1.82) is 10.7 Å². The summed E-state index contributed by atoms with van der Waals surface area (Å²) in [6.45, 7) is 0.277. The zero-order chi connectivity index (χ0) is 17.4. The molecule has 0 fully saturated rings. The average Bonchev–Trinajstić information content (AvgIpc) is 2.51. The van der Waals surface area contributed by atoms with Gasteiger partial charge in [-0.3, -0.25) is 14.4 Å². The third kappa shape index (κ3) is 5.88. The van der Waals surface area contributed by atoms with Crippen LogP contribution in [0, 0.1) is 22.7 Å². The lowest BCUT2D eigenvalue weighted by atomic mass is 10.0. The highest BCUT2D eigenvalue weighted by molar-refractivity contribution is 6.30. The second kappa shape index (κ2) is 8.66. The highest BCUT2D eigenvalue weighted by Gasteiger charge is 2.21. The van der Waals surface area contributed by atoms with Crippen LogP contribution in [0.2, 0.25) is 5.02 Å². The molecule has 0 heterocycles.